The zero-order chi connectivity index (χ0) is 15.9. The van der Waals surface area contributed by atoms with E-state index in [9.17, 15) is 4.79 Å². The molecule has 23 heavy (non-hydrogen) atoms. The highest BCUT2D eigenvalue weighted by atomic mass is 79.9. The predicted molar refractivity (Wildman–Crippen MR) is 91.9 cm³/mol. The molecule has 2 aromatic carbocycles. The number of rotatable bonds is 1. The van der Waals surface area contributed by atoms with Crippen LogP contribution in [0.5, 0.6) is 5.75 Å². The number of fused-ring (bicyclic) bond motifs is 1. The Morgan fingerprint density at radius 2 is 1.78 bits per heavy atom. The topological polar surface area (TPSA) is 35.5 Å². The van der Waals surface area contributed by atoms with Crippen molar-refractivity contribution in [1.29, 1.82) is 0 Å². The highest BCUT2D eigenvalue weighted by molar-refractivity contribution is 9.10. The summed E-state index contributed by atoms with van der Waals surface area (Å²) in [6, 6.07) is 14.0. The third kappa shape index (κ3) is 2.81. The Morgan fingerprint density at radius 1 is 1.00 bits per heavy atom. The number of hydrogen-bond donors (Lipinski definition) is 0. The molecule has 0 atom stereocenters. The van der Waals surface area contributed by atoms with E-state index in [4.69, 9.17) is 9.47 Å². The Labute approximate surface area is 143 Å². The van der Waals surface area contributed by atoms with Crippen LogP contribution in [-0.4, -0.2) is 24.6 Å². The van der Waals surface area contributed by atoms with Crippen molar-refractivity contribution in [3.63, 3.8) is 0 Å². The largest absolute Gasteiger partial charge is 0.486 e. The molecule has 0 saturated carbocycles. The van der Waals surface area contributed by atoms with Crippen molar-refractivity contribution in [2.45, 2.75) is 24.9 Å². The lowest BCUT2D eigenvalue weighted by molar-refractivity contribution is -0.0504. The summed E-state index contributed by atoms with van der Waals surface area (Å²) in [4.78, 5) is 12.7. The summed E-state index contributed by atoms with van der Waals surface area (Å²) < 4.78 is 12.7. The van der Waals surface area contributed by atoms with Crippen molar-refractivity contribution >= 4 is 21.7 Å². The van der Waals surface area contributed by atoms with Crippen LogP contribution in [0.2, 0.25) is 0 Å². The van der Waals surface area contributed by atoms with Gasteiger partial charge < -0.3 is 9.47 Å². The van der Waals surface area contributed by atoms with Crippen LogP contribution in [0.4, 0.5) is 0 Å². The van der Waals surface area contributed by atoms with Crippen LogP contribution in [0.25, 0.3) is 11.1 Å². The Balaban J connectivity index is 1.70. The molecule has 0 amide bonds. The zero-order valence-electron chi connectivity index (χ0n) is 12.7. The predicted octanol–water partition coefficient (Wildman–Crippen LogP) is 4.63. The molecule has 2 aliphatic heterocycles. The Bertz CT molecular complexity index is 763. The third-order valence-electron chi connectivity index (χ3n) is 4.65. The lowest BCUT2D eigenvalue weighted by atomic mass is 9.83. The van der Waals surface area contributed by atoms with Crippen LogP contribution >= 0.6 is 15.9 Å². The monoisotopic (exact) mass is 372 g/mol. The number of carbonyl (C=O) groups is 1. The van der Waals surface area contributed by atoms with Gasteiger partial charge in [0, 0.05) is 17.3 Å². The lowest BCUT2D eigenvalue weighted by Crippen LogP contribution is -2.46. The number of Topliss-reactive ketones (excluding diaryl/α,β-unsaturated/α-hetero) is 1. The highest BCUT2D eigenvalue weighted by Gasteiger charge is 2.41. The fourth-order valence-corrected chi connectivity index (χ4v) is 3.76. The van der Waals surface area contributed by atoms with E-state index in [1.54, 1.807) is 0 Å². The summed E-state index contributed by atoms with van der Waals surface area (Å²) >= 11 is 3.49. The van der Waals surface area contributed by atoms with Crippen LogP contribution in [0, 0.1) is 0 Å². The Morgan fingerprint density at radius 3 is 2.57 bits per heavy atom. The summed E-state index contributed by atoms with van der Waals surface area (Å²) in [6.07, 6.45) is 2.02. The van der Waals surface area contributed by atoms with Crippen LogP contribution in [-0.2, 0) is 4.74 Å². The first-order valence-electron chi connectivity index (χ1n) is 7.85. The van der Waals surface area contributed by atoms with Gasteiger partial charge in [0.1, 0.15) is 11.4 Å². The van der Waals surface area contributed by atoms with Gasteiger partial charge in [-0.25, -0.2) is 0 Å². The molecule has 4 rings (SSSR count). The van der Waals surface area contributed by atoms with Gasteiger partial charge in [-0.1, -0.05) is 34.1 Å². The minimum absolute atomic E-state index is 0.171. The van der Waals surface area contributed by atoms with Crippen molar-refractivity contribution in [3.8, 4) is 16.9 Å². The minimum Gasteiger partial charge on any atom is -0.486 e. The van der Waals surface area contributed by atoms with Crippen LogP contribution in [0.3, 0.4) is 0 Å². The fraction of sp³-hybridized carbons (Fsp3) is 0.316. The van der Waals surface area contributed by atoms with E-state index >= 15 is 0 Å². The van der Waals surface area contributed by atoms with E-state index < -0.39 is 0 Å². The summed E-state index contributed by atoms with van der Waals surface area (Å²) in [5.41, 5.74) is 2.45. The standard InChI is InChI=1S/C19H17BrO3/c20-15-3-1-2-13(10-15)14-4-5-18-16(11-14)17(21)12-19(23-18)6-8-22-9-7-19/h1-5,10-11H,6-9,12H2. The quantitative estimate of drug-likeness (QED) is 0.731. The van der Waals surface area contributed by atoms with E-state index in [2.05, 4.69) is 22.0 Å². The molecule has 118 valence electrons. The molecule has 0 N–H and O–H groups in total. The highest BCUT2D eigenvalue weighted by Crippen LogP contribution is 2.40. The maximum absolute atomic E-state index is 12.7. The van der Waals surface area contributed by atoms with Crippen molar-refractivity contribution in [2.75, 3.05) is 13.2 Å². The molecule has 0 bridgehead atoms. The second kappa shape index (κ2) is 5.77. The summed E-state index contributed by atoms with van der Waals surface area (Å²) in [6.45, 7) is 1.33. The van der Waals surface area contributed by atoms with Gasteiger partial charge in [0.05, 0.1) is 25.2 Å². The van der Waals surface area contributed by atoms with Gasteiger partial charge in [-0.15, -0.1) is 0 Å². The SMILES string of the molecule is O=C1CC2(CCOCC2)Oc2ccc(-c3cccc(Br)c3)cc21. The second-order valence-corrected chi connectivity index (χ2v) is 7.13. The maximum atomic E-state index is 12.7. The van der Waals surface area contributed by atoms with Crippen LogP contribution < -0.4 is 4.74 Å². The molecule has 1 saturated heterocycles. The van der Waals surface area contributed by atoms with E-state index in [0.29, 0.717) is 30.9 Å². The average molecular weight is 373 g/mol. The van der Waals surface area contributed by atoms with Crippen molar-refractivity contribution in [3.05, 3.63) is 52.5 Å². The first kappa shape index (κ1) is 14.9. The molecule has 4 heteroatoms. The number of ether oxygens (including phenoxy) is 2. The first-order chi connectivity index (χ1) is 11.2. The number of benzene rings is 2. The number of carbonyl (C=O) groups excluding carboxylic acids is 1. The van der Waals surface area contributed by atoms with Gasteiger partial charge in [-0.05, 0) is 35.4 Å². The fourth-order valence-electron chi connectivity index (χ4n) is 3.36. The number of hydrogen-bond acceptors (Lipinski definition) is 3. The lowest BCUT2D eigenvalue weighted by Gasteiger charge is -2.40. The van der Waals surface area contributed by atoms with Gasteiger partial charge in [-0.2, -0.15) is 0 Å². The van der Waals surface area contributed by atoms with E-state index in [0.717, 1.165) is 28.4 Å². The molecular weight excluding hydrogens is 356 g/mol. The molecule has 0 aliphatic carbocycles. The molecule has 1 spiro atoms. The molecule has 2 heterocycles. The van der Waals surface area contributed by atoms with Gasteiger partial charge in [0.15, 0.2) is 5.78 Å². The minimum atomic E-state index is -0.361. The maximum Gasteiger partial charge on any atom is 0.170 e. The van der Waals surface area contributed by atoms with Gasteiger partial charge in [-0.3, -0.25) is 4.79 Å². The molecular formula is C19H17BrO3. The molecule has 2 aromatic rings. The van der Waals surface area contributed by atoms with Crippen molar-refractivity contribution in [1.82, 2.24) is 0 Å². The number of ketones is 1. The second-order valence-electron chi connectivity index (χ2n) is 6.22. The van der Waals surface area contributed by atoms with Gasteiger partial charge >= 0.3 is 0 Å². The third-order valence-corrected chi connectivity index (χ3v) is 5.14. The summed E-state index contributed by atoms with van der Waals surface area (Å²) in [7, 11) is 0. The molecule has 0 aromatic heterocycles. The molecule has 0 radical (unpaired) electrons. The van der Waals surface area contributed by atoms with Crippen LogP contribution in [0.15, 0.2) is 46.9 Å². The van der Waals surface area contributed by atoms with Gasteiger partial charge in [0.25, 0.3) is 0 Å². The molecule has 3 nitrogen and oxygen atoms in total. The normalized spacial score (nSPS) is 19.3. The van der Waals surface area contributed by atoms with Crippen molar-refractivity contribution < 1.29 is 14.3 Å². The van der Waals surface area contributed by atoms with E-state index in [1.807, 2.05) is 36.4 Å². The number of halogens is 1. The van der Waals surface area contributed by atoms with E-state index in [1.165, 1.54) is 0 Å². The summed E-state index contributed by atoms with van der Waals surface area (Å²) in [5, 5.41) is 0. The smallest absolute Gasteiger partial charge is 0.170 e. The molecule has 2 aliphatic rings. The Kier molecular flexibility index (Phi) is 3.74. The van der Waals surface area contributed by atoms with Gasteiger partial charge in [0.2, 0.25) is 0 Å². The average Bonchev–Trinajstić information content (AvgIpc) is 2.55. The Hall–Kier alpha value is -1.65. The van der Waals surface area contributed by atoms with Crippen LogP contribution in [0.1, 0.15) is 29.6 Å². The zero-order valence-corrected chi connectivity index (χ0v) is 14.3. The molecule has 0 unspecified atom stereocenters. The van der Waals surface area contributed by atoms with Crippen molar-refractivity contribution in [2.24, 2.45) is 0 Å². The van der Waals surface area contributed by atoms with E-state index in [-0.39, 0.29) is 11.4 Å². The summed E-state index contributed by atoms with van der Waals surface area (Å²) in [5.74, 6) is 0.881. The molecule has 1 fully saturated rings. The first-order valence-corrected chi connectivity index (χ1v) is 8.65.